The zero-order valence-corrected chi connectivity index (χ0v) is 17.7. The number of carbonyl (C=O) groups excluding carboxylic acids is 1. The topological polar surface area (TPSA) is 59.6 Å². The third kappa shape index (κ3) is 3.76. The molecular weight excluding hydrogens is 403 g/mol. The van der Waals surface area contributed by atoms with Crippen molar-refractivity contribution in [3.05, 3.63) is 52.8 Å². The van der Waals surface area contributed by atoms with E-state index in [1.165, 1.54) is 25.1 Å². The second-order valence-corrected chi connectivity index (χ2v) is 9.18. The van der Waals surface area contributed by atoms with E-state index in [9.17, 15) is 9.18 Å². The number of anilines is 1. The van der Waals surface area contributed by atoms with Crippen LogP contribution in [0.4, 0.5) is 10.1 Å². The number of rotatable bonds is 6. The second-order valence-electron chi connectivity index (χ2n) is 8.33. The number of hydrogen-bond acceptors (Lipinski definition) is 6. The molecule has 1 saturated heterocycles. The van der Waals surface area contributed by atoms with Crippen LogP contribution in [0.2, 0.25) is 0 Å². The number of ether oxygens (including phenoxy) is 2. The summed E-state index contributed by atoms with van der Waals surface area (Å²) in [4.78, 5) is 13.5. The molecule has 2 N–H and O–H groups in total. The standard InChI is InChI=1S/C23H25FN2O3S/c1-28-23(27)21-19(4-3-17-18-10-15(18)12-29-22(17)21)26-30-20-5-2-16(24)9-14(20)8-13-6-7-25-11-13/h2-5,9,13,15,18,25-26H,6-8,10-12H2,1H3. The first-order valence-electron chi connectivity index (χ1n) is 10.4. The molecule has 2 aromatic carbocycles. The lowest BCUT2D eigenvalue weighted by atomic mass is 9.98. The van der Waals surface area contributed by atoms with Crippen LogP contribution in [0.25, 0.3) is 0 Å². The molecule has 1 saturated carbocycles. The average molecular weight is 429 g/mol. The highest BCUT2D eigenvalue weighted by Crippen LogP contribution is 2.55. The number of benzene rings is 2. The van der Waals surface area contributed by atoms with Gasteiger partial charge in [0.15, 0.2) is 0 Å². The van der Waals surface area contributed by atoms with E-state index in [4.69, 9.17) is 9.47 Å². The van der Waals surface area contributed by atoms with Gasteiger partial charge in [-0.3, -0.25) is 0 Å². The minimum absolute atomic E-state index is 0.225. The van der Waals surface area contributed by atoms with Gasteiger partial charge in [-0.05, 0) is 91.5 Å². The molecule has 0 aromatic heterocycles. The Morgan fingerprint density at radius 1 is 1.37 bits per heavy atom. The van der Waals surface area contributed by atoms with Gasteiger partial charge < -0.3 is 19.5 Å². The fourth-order valence-corrected chi connectivity index (χ4v) is 5.36. The molecule has 0 bridgehead atoms. The van der Waals surface area contributed by atoms with E-state index in [1.54, 1.807) is 12.1 Å². The molecule has 0 spiro atoms. The summed E-state index contributed by atoms with van der Waals surface area (Å²) in [7, 11) is 1.38. The quantitative estimate of drug-likeness (QED) is 0.526. The van der Waals surface area contributed by atoms with Gasteiger partial charge in [-0.2, -0.15) is 0 Å². The molecule has 2 aliphatic heterocycles. The fourth-order valence-electron chi connectivity index (χ4n) is 4.56. The van der Waals surface area contributed by atoms with Gasteiger partial charge in [0.1, 0.15) is 17.1 Å². The van der Waals surface area contributed by atoms with Gasteiger partial charge in [0.05, 0.1) is 19.4 Å². The van der Waals surface area contributed by atoms with Crippen molar-refractivity contribution in [3.63, 3.8) is 0 Å². The van der Waals surface area contributed by atoms with E-state index >= 15 is 0 Å². The summed E-state index contributed by atoms with van der Waals surface area (Å²) in [5.41, 5.74) is 3.17. The van der Waals surface area contributed by atoms with Crippen molar-refractivity contribution in [1.29, 1.82) is 0 Å². The number of hydrogen-bond donors (Lipinski definition) is 2. The Hall–Kier alpha value is -2.25. The zero-order chi connectivity index (χ0) is 20.7. The Morgan fingerprint density at radius 3 is 3.07 bits per heavy atom. The minimum atomic E-state index is -0.412. The van der Waals surface area contributed by atoms with Crippen molar-refractivity contribution < 1.29 is 18.7 Å². The zero-order valence-electron chi connectivity index (χ0n) is 16.9. The normalized spacial score (nSPS) is 23.9. The van der Waals surface area contributed by atoms with Gasteiger partial charge in [-0.1, -0.05) is 6.07 Å². The van der Waals surface area contributed by atoms with Crippen LogP contribution in [0.5, 0.6) is 5.75 Å². The number of fused-ring (bicyclic) bond motifs is 3. The highest BCUT2D eigenvalue weighted by molar-refractivity contribution is 8.00. The number of nitrogens with one attached hydrogen (secondary N) is 2. The number of esters is 1. The highest BCUT2D eigenvalue weighted by Gasteiger charge is 2.45. The molecule has 158 valence electrons. The van der Waals surface area contributed by atoms with Crippen LogP contribution in [-0.2, 0) is 11.2 Å². The van der Waals surface area contributed by atoms with Crippen molar-refractivity contribution in [1.82, 2.24) is 5.32 Å². The largest absolute Gasteiger partial charge is 0.492 e. The lowest BCUT2D eigenvalue weighted by molar-refractivity contribution is 0.0596. The Labute approximate surface area is 179 Å². The predicted molar refractivity (Wildman–Crippen MR) is 115 cm³/mol. The summed E-state index contributed by atoms with van der Waals surface area (Å²) >= 11 is 1.40. The maximum Gasteiger partial charge on any atom is 0.343 e. The SMILES string of the molecule is COC(=O)c1c(NSc2ccc(F)cc2CC2CCNC2)ccc2c1OCC1CC21. The Balaban J connectivity index is 1.41. The number of carbonyl (C=O) groups is 1. The Morgan fingerprint density at radius 2 is 2.27 bits per heavy atom. The smallest absolute Gasteiger partial charge is 0.343 e. The number of methoxy groups -OCH3 is 1. The van der Waals surface area contributed by atoms with Crippen molar-refractivity contribution >= 4 is 23.6 Å². The number of halogens is 1. The molecule has 0 amide bonds. The van der Waals surface area contributed by atoms with E-state index in [0.29, 0.717) is 41.4 Å². The maximum absolute atomic E-state index is 13.9. The monoisotopic (exact) mass is 428 g/mol. The van der Waals surface area contributed by atoms with E-state index in [2.05, 4.69) is 10.0 Å². The third-order valence-electron chi connectivity index (χ3n) is 6.31. The first-order chi connectivity index (χ1) is 14.6. The minimum Gasteiger partial charge on any atom is -0.492 e. The summed E-state index contributed by atoms with van der Waals surface area (Å²) in [6.45, 7) is 2.63. The van der Waals surface area contributed by atoms with Crippen molar-refractivity contribution in [2.24, 2.45) is 11.8 Å². The van der Waals surface area contributed by atoms with Gasteiger partial charge in [0.25, 0.3) is 0 Å². The summed E-state index contributed by atoms with van der Waals surface area (Å²) < 4.78 is 28.2. The molecular formula is C23H25FN2O3S. The lowest BCUT2D eigenvalue weighted by Gasteiger charge is -2.22. The molecule has 2 fully saturated rings. The average Bonchev–Trinajstić information content (AvgIpc) is 3.39. The van der Waals surface area contributed by atoms with Gasteiger partial charge >= 0.3 is 5.97 Å². The van der Waals surface area contributed by atoms with E-state index < -0.39 is 5.97 Å². The summed E-state index contributed by atoms with van der Waals surface area (Å²) in [6.07, 6.45) is 3.05. The van der Waals surface area contributed by atoms with E-state index in [-0.39, 0.29) is 5.82 Å². The molecule has 7 heteroatoms. The molecule has 3 aliphatic rings. The van der Waals surface area contributed by atoms with Crippen LogP contribution in [0.1, 0.15) is 40.2 Å². The lowest BCUT2D eigenvalue weighted by Crippen LogP contribution is -2.15. The second kappa shape index (κ2) is 8.12. The van der Waals surface area contributed by atoms with Crippen molar-refractivity contribution in [2.75, 3.05) is 31.5 Å². The van der Waals surface area contributed by atoms with Gasteiger partial charge in [0, 0.05) is 10.8 Å². The van der Waals surface area contributed by atoms with Crippen molar-refractivity contribution in [2.45, 2.75) is 30.1 Å². The predicted octanol–water partition coefficient (Wildman–Crippen LogP) is 4.38. The fraction of sp³-hybridized carbons (Fsp3) is 0.435. The molecule has 1 aliphatic carbocycles. The Bertz CT molecular complexity index is 977. The van der Waals surface area contributed by atoms with Crippen LogP contribution in [0.3, 0.4) is 0 Å². The summed E-state index contributed by atoms with van der Waals surface area (Å²) in [5.74, 6) is 1.58. The summed E-state index contributed by atoms with van der Waals surface area (Å²) in [6, 6.07) is 8.86. The van der Waals surface area contributed by atoms with E-state index in [0.717, 1.165) is 48.4 Å². The molecule has 3 atom stereocenters. The highest BCUT2D eigenvalue weighted by atomic mass is 32.2. The van der Waals surface area contributed by atoms with Gasteiger partial charge in [-0.25, -0.2) is 9.18 Å². The third-order valence-corrected chi connectivity index (χ3v) is 7.25. The van der Waals surface area contributed by atoms with Gasteiger partial charge in [0.2, 0.25) is 0 Å². The van der Waals surface area contributed by atoms with Crippen LogP contribution in [-0.4, -0.2) is 32.8 Å². The first-order valence-corrected chi connectivity index (χ1v) is 11.3. The molecule has 5 nitrogen and oxygen atoms in total. The van der Waals surface area contributed by atoms with Crippen LogP contribution < -0.4 is 14.8 Å². The van der Waals surface area contributed by atoms with E-state index in [1.807, 2.05) is 12.1 Å². The molecule has 2 aromatic rings. The molecule has 3 unspecified atom stereocenters. The summed E-state index contributed by atoms with van der Waals surface area (Å²) in [5, 5.41) is 3.37. The van der Waals surface area contributed by atoms with Crippen LogP contribution >= 0.6 is 11.9 Å². The first kappa shape index (κ1) is 19.7. The molecule has 2 heterocycles. The van der Waals surface area contributed by atoms with Gasteiger partial charge in [-0.15, -0.1) is 0 Å². The Kier molecular flexibility index (Phi) is 5.33. The molecule has 0 radical (unpaired) electrons. The maximum atomic E-state index is 13.9. The van der Waals surface area contributed by atoms with Crippen LogP contribution in [0, 0.1) is 17.7 Å². The van der Waals surface area contributed by atoms with Crippen LogP contribution in [0.15, 0.2) is 35.2 Å². The molecule has 5 rings (SSSR count). The molecule has 30 heavy (non-hydrogen) atoms. The van der Waals surface area contributed by atoms with Crippen molar-refractivity contribution in [3.8, 4) is 5.75 Å².